The minimum absolute atomic E-state index is 0.141. The lowest BCUT2D eigenvalue weighted by Gasteiger charge is -2.24. The van der Waals surface area contributed by atoms with E-state index < -0.39 is 0 Å². The van der Waals surface area contributed by atoms with E-state index in [0.29, 0.717) is 0 Å². The largest absolute Gasteiger partial charge is 0.310 e. The maximum absolute atomic E-state index is 2.51. The van der Waals surface area contributed by atoms with E-state index in [1.165, 1.54) is 127 Å². The third-order valence-electron chi connectivity index (χ3n) is 15.2. The van der Waals surface area contributed by atoms with Gasteiger partial charge in [-0.1, -0.05) is 178 Å². The van der Waals surface area contributed by atoms with Crippen molar-refractivity contribution in [1.29, 1.82) is 0 Å². The zero-order valence-electron chi connectivity index (χ0n) is 37.6. The number of aryl methyl sites for hydroxylation is 1. The number of allylic oxidation sites excluding steroid dienone is 1. The molecular formula is C65H46N2. The molecule has 14 rings (SSSR count). The van der Waals surface area contributed by atoms with E-state index in [1.54, 1.807) is 0 Å². The molecule has 0 atom stereocenters. The average molecular weight is 855 g/mol. The fraction of sp³-hybridized carbons (Fsp3) is 0.0769. The summed E-state index contributed by atoms with van der Waals surface area (Å²) in [6.07, 6.45) is 6.80. The van der Waals surface area contributed by atoms with Gasteiger partial charge in [0.25, 0.3) is 0 Å². The zero-order chi connectivity index (χ0) is 44.4. The van der Waals surface area contributed by atoms with E-state index >= 15 is 0 Å². The van der Waals surface area contributed by atoms with Crippen molar-refractivity contribution in [2.45, 2.75) is 32.1 Å². The Balaban J connectivity index is 1.11. The van der Waals surface area contributed by atoms with E-state index in [1.807, 2.05) is 0 Å². The van der Waals surface area contributed by atoms with Gasteiger partial charge in [0.1, 0.15) is 0 Å². The van der Waals surface area contributed by atoms with Gasteiger partial charge >= 0.3 is 0 Å². The van der Waals surface area contributed by atoms with E-state index in [0.717, 1.165) is 18.5 Å². The molecule has 2 aliphatic rings. The summed E-state index contributed by atoms with van der Waals surface area (Å²) in [7, 11) is 0. The summed E-state index contributed by atoms with van der Waals surface area (Å²) in [5.74, 6) is 0. The normalized spacial score (nSPS) is 13.8. The van der Waals surface area contributed by atoms with Crippen molar-refractivity contribution in [3.63, 3.8) is 0 Å². The monoisotopic (exact) mass is 854 g/mol. The van der Waals surface area contributed by atoms with Crippen LogP contribution in [-0.4, -0.2) is 9.13 Å². The second-order valence-electron chi connectivity index (χ2n) is 19.1. The number of benzene rings is 10. The molecule has 0 amide bonds. The first-order valence-corrected chi connectivity index (χ1v) is 23.7. The fourth-order valence-electron chi connectivity index (χ4n) is 12.1. The summed E-state index contributed by atoms with van der Waals surface area (Å²) in [4.78, 5) is 0. The minimum Gasteiger partial charge on any atom is -0.310 e. The number of para-hydroxylation sites is 3. The molecule has 67 heavy (non-hydrogen) atoms. The van der Waals surface area contributed by atoms with Crippen LogP contribution in [0, 0.1) is 0 Å². The van der Waals surface area contributed by atoms with Crippen LogP contribution in [0.5, 0.6) is 0 Å². The third kappa shape index (κ3) is 5.57. The molecule has 0 saturated heterocycles. The molecule has 0 spiro atoms. The zero-order valence-corrected chi connectivity index (χ0v) is 37.6. The summed E-state index contributed by atoms with van der Waals surface area (Å²) in [6.45, 7) is 4.78. The molecule has 2 nitrogen and oxygen atoms in total. The van der Waals surface area contributed by atoms with Crippen molar-refractivity contribution in [1.82, 2.24) is 9.13 Å². The van der Waals surface area contributed by atoms with E-state index in [9.17, 15) is 0 Å². The summed E-state index contributed by atoms with van der Waals surface area (Å²) in [6, 6.07) is 77.5. The Morgan fingerprint density at radius 2 is 0.896 bits per heavy atom. The maximum atomic E-state index is 2.51. The van der Waals surface area contributed by atoms with Gasteiger partial charge in [-0.25, -0.2) is 0 Å². The smallest absolute Gasteiger partial charge is 0.0541 e. The molecule has 2 aromatic heterocycles. The van der Waals surface area contributed by atoms with Crippen molar-refractivity contribution in [2.24, 2.45) is 0 Å². The maximum Gasteiger partial charge on any atom is 0.0541 e. The molecule has 0 bridgehead atoms. The molecule has 10 aromatic carbocycles. The summed E-state index contributed by atoms with van der Waals surface area (Å²) in [5.41, 5.74) is 21.4. The van der Waals surface area contributed by atoms with Gasteiger partial charge in [-0.05, 0) is 150 Å². The Morgan fingerprint density at radius 1 is 0.373 bits per heavy atom. The molecule has 0 radical (unpaired) electrons. The van der Waals surface area contributed by atoms with E-state index in [4.69, 9.17) is 0 Å². The molecule has 0 unspecified atom stereocenters. The Hall–Kier alpha value is -8.20. The lowest BCUT2D eigenvalue weighted by atomic mass is 9.80. The fourth-order valence-corrected chi connectivity index (χ4v) is 12.1. The highest BCUT2D eigenvalue weighted by molar-refractivity contribution is 6.22. The highest BCUT2D eigenvalue weighted by Gasteiger charge is 2.35. The van der Waals surface area contributed by atoms with Crippen LogP contribution >= 0.6 is 0 Å². The first kappa shape index (κ1) is 38.1. The van der Waals surface area contributed by atoms with Gasteiger partial charge in [0.05, 0.1) is 16.6 Å². The first-order chi connectivity index (χ1) is 33.0. The number of nitrogens with zero attached hydrogens (tertiary/aromatic N) is 2. The molecule has 2 aliphatic carbocycles. The lowest BCUT2D eigenvalue weighted by molar-refractivity contribution is 0.660. The van der Waals surface area contributed by atoms with Crippen LogP contribution in [0.1, 0.15) is 42.7 Å². The molecule has 2 heteroatoms. The van der Waals surface area contributed by atoms with Crippen LogP contribution in [0.3, 0.4) is 0 Å². The van der Waals surface area contributed by atoms with Crippen molar-refractivity contribution in [2.75, 3.05) is 0 Å². The van der Waals surface area contributed by atoms with Crippen LogP contribution in [0.25, 0.3) is 116 Å². The Morgan fingerprint density at radius 3 is 1.60 bits per heavy atom. The predicted molar refractivity (Wildman–Crippen MR) is 284 cm³/mol. The Kier molecular flexibility index (Phi) is 8.19. The number of rotatable bonds is 5. The Labute approximate surface area is 390 Å². The van der Waals surface area contributed by atoms with Gasteiger partial charge in [-0.3, -0.25) is 0 Å². The highest BCUT2D eigenvalue weighted by Crippen LogP contribution is 2.52. The number of hydrogen-bond donors (Lipinski definition) is 0. The third-order valence-corrected chi connectivity index (χ3v) is 15.2. The molecule has 0 fully saturated rings. The van der Waals surface area contributed by atoms with Crippen LogP contribution < -0.4 is 0 Å². The number of fused-ring (bicyclic) bond motifs is 11. The van der Waals surface area contributed by atoms with Crippen LogP contribution in [-0.2, 0) is 11.8 Å². The first-order valence-electron chi connectivity index (χ1n) is 23.7. The summed E-state index contributed by atoms with van der Waals surface area (Å²) >= 11 is 0. The van der Waals surface area contributed by atoms with Gasteiger partial charge in [-0.15, -0.1) is 0 Å². The molecule has 2 heterocycles. The molecule has 0 saturated carbocycles. The van der Waals surface area contributed by atoms with Crippen LogP contribution in [0.15, 0.2) is 212 Å². The summed E-state index contributed by atoms with van der Waals surface area (Å²) in [5, 5.41) is 8.83. The number of hydrogen-bond acceptors (Lipinski definition) is 0. The van der Waals surface area contributed by atoms with Gasteiger partial charge in [0, 0.05) is 38.6 Å². The van der Waals surface area contributed by atoms with Crippen LogP contribution in [0.2, 0.25) is 0 Å². The molecule has 0 aliphatic heterocycles. The van der Waals surface area contributed by atoms with Crippen molar-refractivity contribution in [3.8, 4) is 55.9 Å². The lowest BCUT2D eigenvalue weighted by Crippen LogP contribution is -2.14. The Bertz CT molecular complexity index is 3990. The van der Waals surface area contributed by atoms with E-state index in [2.05, 4.69) is 241 Å². The van der Waals surface area contributed by atoms with Crippen molar-refractivity contribution < 1.29 is 0 Å². The number of aromatic nitrogens is 2. The van der Waals surface area contributed by atoms with E-state index in [-0.39, 0.29) is 5.41 Å². The molecule has 316 valence electrons. The topological polar surface area (TPSA) is 9.86 Å². The standard InChI is InChI=1S/C65H46N2/c1-65(2)57-23-11-6-18-47(57)48-35-32-44(38-58(48)65)64-54-37-34-45(66-59-24-12-7-19-49(59)50-20-8-13-25-60(50)66)39-55(54)63(43-30-28-42(29-31-43)41-16-4-3-5-17-41)53-36-33-46(40-56(53)64)67-61-26-14-9-21-51(61)52-22-10-15-27-62(52)67/h3-7,9-19,21-40H,8,20H2,1-2H3. The molecule has 0 N–H and O–H groups in total. The van der Waals surface area contributed by atoms with Crippen molar-refractivity contribution >= 4 is 60.3 Å². The highest BCUT2D eigenvalue weighted by atomic mass is 15.0. The second kappa shape index (κ2) is 14.4. The van der Waals surface area contributed by atoms with Gasteiger partial charge in [0.2, 0.25) is 0 Å². The van der Waals surface area contributed by atoms with Crippen molar-refractivity contribution in [3.05, 3.63) is 235 Å². The molecular weight excluding hydrogens is 809 g/mol. The van der Waals surface area contributed by atoms with Crippen LogP contribution in [0.4, 0.5) is 0 Å². The molecule has 12 aromatic rings. The minimum atomic E-state index is -0.141. The average Bonchev–Trinajstić information content (AvgIpc) is 3.98. The second-order valence-corrected chi connectivity index (χ2v) is 19.1. The predicted octanol–water partition coefficient (Wildman–Crippen LogP) is 17.3. The summed E-state index contributed by atoms with van der Waals surface area (Å²) < 4.78 is 4.97. The quantitative estimate of drug-likeness (QED) is 0.153. The van der Waals surface area contributed by atoms with Gasteiger partial charge in [-0.2, -0.15) is 0 Å². The van der Waals surface area contributed by atoms with Gasteiger partial charge in [0.15, 0.2) is 0 Å². The SMILES string of the molecule is CC1(C)c2ccccc2-c2ccc(-c3c4ccc(-n5c6c(c7ccccc75)CCC=C6)cc4c(-c4ccc(-c5ccccc5)cc4)c4ccc(-n5c6ccccc6c6ccccc65)cc34)cc21. The van der Waals surface area contributed by atoms with Gasteiger partial charge < -0.3 is 9.13 Å².